The normalized spacial score (nSPS) is 22.3. The third kappa shape index (κ3) is 4.64. The van der Waals surface area contributed by atoms with Gasteiger partial charge in [0.05, 0.1) is 0 Å². The first-order valence-electron chi connectivity index (χ1n) is 6.73. The average Bonchev–Trinajstić information content (AvgIpc) is 2.29. The predicted molar refractivity (Wildman–Crippen MR) is 69.2 cm³/mol. The Morgan fingerprint density at radius 2 is 1.82 bits per heavy atom. The summed E-state index contributed by atoms with van der Waals surface area (Å²) in [6, 6.07) is -0.342. The van der Waals surface area contributed by atoms with Gasteiger partial charge in [0.15, 0.2) is 0 Å². The molecule has 1 N–H and O–H groups in total. The Morgan fingerprint density at radius 1 is 1.24 bits per heavy atom. The molecule has 2 unspecified atom stereocenters. The highest BCUT2D eigenvalue weighted by atomic mass is 16.4. The van der Waals surface area contributed by atoms with Crippen LogP contribution in [0.3, 0.4) is 0 Å². The molecule has 1 saturated heterocycles. The van der Waals surface area contributed by atoms with E-state index >= 15 is 0 Å². The van der Waals surface area contributed by atoms with Crippen LogP contribution >= 0.6 is 0 Å². The van der Waals surface area contributed by atoms with Crippen molar-refractivity contribution in [1.29, 1.82) is 0 Å². The molecule has 0 aromatic carbocycles. The van der Waals surface area contributed by atoms with Crippen LogP contribution in [0.15, 0.2) is 0 Å². The van der Waals surface area contributed by atoms with Crippen molar-refractivity contribution in [3.63, 3.8) is 0 Å². The van der Waals surface area contributed by atoms with Crippen molar-refractivity contribution in [2.45, 2.75) is 39.7 Å². The molecule has 1 aliphatic rings. The number of carbonyl (C=O) groups is 1. The van der Waals surface area contributed by atoms with Gasteiger partial charge in [0.25, 0.3) is 0 Å². The quantitative estimate of drug-likeness (QED) is 0.767. The molecular formula is C13H26N2O2. The minimum absolute atomic E-state index is 0.342. The van der Waals surface area contributed by atoms with Gasteiger partial charge < -0.3 is 10.0 Å². The molecule has 0 saturated carbocycles. The molecule has 0 aliphatic carbocycles. The summed E-state index contributed by atoms with van der Waals surface area (Å²) in [5, 5.41) is 8.96. The first-order chi connectivity index (χ1) is 8.04. The maximum Gasteiger partial charge on any atom is 0.320 e. The smallest absolute Gasteiger partial charge is 0.320 e. The van der Waals surface area contributed by atoms with Crippen LogP contribution in [0.25, 0.3) is 0 Å². The summed E-state index contributed by atoms with van der Waals surface area (Å²) in [6.07, 6.45) is 2.53. The molecule has 0 aromatic heterocycles. The van der Waals surface area contributed by atoms with Gasteiger partial charge in [0.1, 0.15) is 6.04 Å². The fraction of sp³-hybridized carbons (Fsp3) is 0.923. The van der Waals surface area contributed by atoms with Crippen LogP contribution in [-0.2, 0) is 4.79 Å². The minimum atomic E-state index is -0.710. The summed E-state index contributed by atoms with van der Waals surface area (Å²) in [5.74, 6) is 0.0428. The summed E-state index contributed by atoms with van der Waals surface area (Å²) in [5.41, 5.74) is 0. The first-order valence-corrected chi connectivity index (χ1v) is 6.73. The van der Waals surface area contributed by atoms with Crippen molar-refractivity contribution < 1.29 is 9.90 Å². The lowest BCUT2D eigenvalue weighted by atomic mass is 10.1. The fourth-order valence-electron chi connectivity index (χ4n) is 2.51. The Kier molecular flexibility index (Phi) is 5.92. The van der Waals surface area contributed by atoms with Crippen molar-refractivity contribution in [2.24, 2.45) is 5.92 Å². The zero-order valence-electron chi connectivity index (χ0n) is 11.4. The number of carboxylic acid groups (broad SMARTS) is 1. The molecule has 1 heterocycles. The van der Waals surface area contributed by atoms with Gasteiger partial charge >= 0.3 is 5.97 Å². The second kappa shape index (κ2) is 6.97. The molecule has 0 aromatic rings. The zero-order valence-corrected chi connectivity index (χ0v) is 11.4. The summed E-state index contributed by atoms with van der Waals surface area (Å²) in [7, 11) is 0. The minimum Gasteiger partial charge on any atom is -0.480 e. The van der Waals surface area contributed by atoms with Crippen LogP contribution in [0.5, 0.6) is 0 Å². The highest BCUT2D eigenvalue weighted by molar-refractivity contribution is 5.72. The Hall–Kier alpha value is -0.610. The van der Waals surface area contributed by atoms with E-state index in [-0.39, 0.29) is 6.04 Å². The molecule has 1 fully saturated rings. The molecule has 4 heteroatoms. The number of hydrogen-bond donors (Lipinski definition) is 1. The molecule has 0 bridgehead atoms. The lowest BCUT2D eigenvalue weighted by molar-refractivity contribution is -0.143. The van der Waals surface area contributed by atoms with E-state index in [0.29, 0.717) is 0 Å². The van der Waals surface area contributed by atoms with Crippen molar-refractivity contribution in [1.82, 2.24) is 9.80 Å². The van der Waals surface area contributed by atoms with Gasteiger partial charge in [-0.05, 0) is 19.3 Å². The maximum absolute atomic E-state index is 10.9. The van der Waals surface area contributed by atoms with Gasteiger partial charge in [0.2, 0.25) is 0 Å². The Morgan fingerprint density at radius 3 is 2.29 bits per heavy atom. The van der Waals surface area contributed by atoms with Crippen LogP contribution in [0.4, 0.5) is 0 Å². The van der Waals surface area contributed by atoms with Crippen LogP contribution < -0.4 is 0 Å². The molecule has 1 aliphatic heterocycles. The van der Waals surface area contributed by atoms with Gasteiger partial charge in [0, 0.05) is 32.7 Å². The Balaban J connectivity index is 2.28. The van der Waals surface area contributed by atoms with Crippen LogP contribution in [0.1, 0.15) is 33.6 Å². The van der Waals surface area contributed by atoms with E-state index in [1.165, 1.54) is 12.8 Å². The lowest BCUT2D eigenvalue weighted by Crippen LogP contribution is -2.52. The van der Waals surface area contributed by atoms with Crippen molar-refractivity contribution in [2.75, 3.05) is 32.7 Å². The standard InChI is InChI=1S/C13H26N2O2/c1-4-5-11(2)10-14-6-8-15(9-7-14)12(3)13(16)17/h11-12H,4-10H2,1-3H3,(H,16,17). The van der Waals surface area contributed by atoms with Gasteiger partial charge in [-0.2, -0.15) is 0 Å². The van der Waals surface area contributed by atoms with E-state index in [9.17, 15) is 4.79 Å². The molecule has 1 rings (SSSR count). The highest BCUT2D eigenvalue weighted by Gasteiger charge is 2.25. The molecule has 100 valence electrons. The van der Waals surface area contributed by atoms with Gasteiger partial charge in [-0.3, -0.25) is 9.69 Å². The van der Waals surface area contributed by atoms with Crippen molar-refractivity contribution >= 4 is 5.97 Å². The number of rotatable bonds is 6. The zero-order chi connectivity index (χ0) is 12.8. The number of piperazine rings is 1. The lowest BCUT2D eigenvalue weighted by Gasteiger charge is -2.37. The highest BCUT2D eigenvalue weighted by Crippen LogP contribution is 2.11. The van der Waals surface area contributed by atoms with Gasteiger partial charge in [-0.25, -0.2) is 0 Å². The van der Waals surface area contributed by atoms with Crippen LogP contribution in [-0.4, -0.2) is 59.6 Å². The van der Waals surface area contributed by atoms with E-state index in [4.69, 9.17) is 5.11 Å². The Labute approximate surface area is 105 Å². The van der Waals surface area contributed by atoms with Crippen LogP contribution in [0, 0.1) is 5.92 Å². The molecule has 0 amide bonds. The summed E-state index contributed by atoms with van der Waals surface area (Å²) < 4.78 is 0. The number of aliphatic carboxylic acids is 1. The largest absolute Gasteiger partial charge is 0.480 e. The van der Waals surface area contributed by atoms with Crippen molar-refractivity contribution in [3.05, 3.63) is 0 Å². The molecule has 4 nitrogen and oxygen atoms in total. The first kappa shape index (κ1) is 14.5. The molecule has 17 heavy (non-hydrogen) atoms. The number of carboxylic acids is 1. The van der Waals surface area contributed by atoms with Crippen molar-refractivity contribution in [3.8, 4) is 0 Å². The maximum atomic E-state index is 10.9. The van der Waals surface area contributed by atoms with E-state index in [1.54, 1.807) is 6.92 Å². The molecule has 0 spiro atoms. The molecule has 2 atom stereocenters. The van der Waals surface area contributed by atoms with E-state index < -0.39 is 5.97 Å². The third-order valence-corrected chi connectivity index (χ3v) is 3.66. The van der Waals surface area contributed by atoms with E-state index in [2.05, 4.69) is 23.6 Å². The second-order valence-electron chi connectivity index (χ2n) is 5.24. The van der Waals surface area contributed by atoms with E-state index in [0.717, 1.165) is 38.6 Å². The summed E-state index contributed by atoms with van der Waals surface area (Å²) in [4.78, 5) is 15.4. The monoisotopic (exact) mass is 242 g/mol. The SMILES string of the molecule is CCCC(C)CN1CCN(C(C)C(=O)O)CC1. The van der Waals surface area contributed by atoms with Gasteiger partial charge in [-0.1, -0.05) is 20.3 Å². The van der Waals surface area contributed by atoms with Gasteiger partial charge in [-0.15, -0.1) is 0 Å². The number of nitrogens with zero attached hydrogens (tertiary/aromatic N) is 2. The third-order valence-electron chi connectivity index (χ3n) is 3.66. The Bertz CT molecular complexity index is 238. The predicted octanol–water partition coefficient (Wildman–Crippen LogP) is 1.51. The molecular weight excluding hydrogens is 216 g/mol. The fourth-order valence-corrected chi connectivity index (χ4v) is 2.51. The second-order valence-corrected chi connectivity index (χ2v) is 5.24. The average molecular weight is 242 g/mol. The topological polar surface area (TPSA) is 43.8 Å². The molecule has 0 radical (unpaired) electrons. The van der Waals surface area contributed by atoms with Crippen LogP contribution in [0.2, 0.25) is 0 Å². The van der Waals surface area contributed by atoms with E-state index in [1.807, 2.05) is 0 Å². The summed E-state index contributed by atoms with van der Waals surface area (Å²) in [6.45, 7) is 11.2. The number of hydrogen-bond acceptors (Lipinski definition) is 3. The summed E-state index contributed by atoms with van der Waals surface area (Å²) >= 11 is 0.